The molecule has 0 amide bonds. The van der Waals surface area contributed by atoms with Crippen molar-refractivity contribution in [3.63, 3.8) is 0 Å². The van der Waals surface area contributed by atoms with Crippen molar-refractivity contribution in [1.29, 1.82) is 0 Å². The van der Waals surface area contributed by atoms with Gasteiger partial charge < -0.3 is 15.8 Å². The molecule has 0 atom stereocenters. The van der Waals surface area contributed by atoms with Crippen molar-refractivity contribution in [1.82, 2.24) is 0 Å². The number of rotatable bonds is 5. The normalized spacial score (nSPS) is 11.7. The number of alkyl halides is 5. The fraction of sp³-hybridized carbons (Fsp3) is 0.400. The molecule has 108 valence electrons. The molecule has 0 radical (unpaired) electrons. The van der Waals surface area contributed by atoms with E-state index >= 15 is 0 Å². The summed E-state index contributed by atoms with van der Waals surface area (Å²) in [6, 6.07) is 1.47. The van der Waals surface area contributed by atoms with E-state index in [1.54, 1.807) is 0 Å². The number of nitrogen functional groups attached to an aromatic ring is 1. The summed E-state index contributed by atoms with van der Waals surface area (Å²) in [7, 11) is 0. The monoisotopic (exact) mass is 288 g/mol. The molecule has 1 rings (SSSR count). The summed E-state index contributed by atoms with van der Waals surface area (Å²) < 4.78 is 76.7. The molecule has 0 aliphatic rings. The van der Waals surface area contributed by atoms with Crippen molar-refractivity contribution in [2.45, 2.75) is 19.2 Å². The molecule has 1 aromatic carbocycles. The average molecular weight is 288 g/mol. The van der Waals surface area contributed by atoms with Gasteiger partial charge in [0.25, 0.3) is 0 Å². The third-order valence-electron chi connectivity index (χ3n) is 2.04. The molecule has 0 spiro atoms. The Hall–Kier alpha value is -1.80. The predicted molar refractivity (Wildman–Crippen MR) is 56.6 cm³/mol. The minimum absolute atomic E-state index is 0.110. The Morgan fingerprint density at radius 1 is 1.26 bits per heavy atom. The van der Waals surface area contributed by atoms with Gasteiger partial charge >= 0.3 is 12.8 Å². The highest BCUT2D eigenvalue weighted by Crippen LogP contribution is 2.29. The Labute approximate surface area is 104 Å². The zero-order valence-corrected chi connectivity index (χ0v) is 9.40. The molecule has 1 aromatic rings. The molecule has 0 bridgehead atoms. The van der Waals surface area contributed by atoms with Gasteiger partial charge in [0.1, 0.15) is 0 Å². The minimum atomic E-state index is -4.37. The maximum atomic E-state index is 13.2. The Bertz CT molecular complexity index is 435. The van der Waals surface area contributed by atoms with Crippen LogP contribution in [0.5, 0.6) is 5.75 Å². The van der Waals surface area contributed by atoms with Gasteiger partial charge in [0, 0.05) is 18.7 Å². The lowest BCUT2D eigenvalue weighted by atomic mass is 10.2. The highest BCUT2D eigenvalue weighted by Gasteiger charge is 2.26. The van der Waals surface area contributed by atoms with Crippen LogP contribution in [0.25, 0.3) is 0 Å². The second-order valence-corrected chi connectivity index (χ2v) is 3.54. The van der Waals surface area contributed by atoms with Gasteiger partial charge in [-0.3, -0.25) is 0 Å². The molecule has 0 aliphatic carbocycles. The molecule has 0 aliphatic heterocycles. The number of anilines is 2. The number of nitrogens with one attached hydrogen (secondary N) is 1. The molecule has 3 N–H and O–H groups in total. The zero-order chi connectivity index (χ0) is 14.6. The van der Waals surface area contributed by atoms with E-state index in [2.05, 4.69) is 10.1 Å². The summed E-state index contributed by atoms with van der Waals surface area (Å²) >= 11 is 0. The van der Waals surface area contributed by atoms with Gasteiger partial charge in [-0.15, -0.1) is 0 Å². The van der Waals surface area contributed by atoms with Gasteiger partial charge in [0.15, 0.2) is 11.6 Å². The first-order valence-corrected chi connectivity index (χ1v) is 5.03. The topological polar surface area (TPSA) is 47.3 Å². The van der Waals surface area contributed by atoms with E-state index in [4.69, 9.17) is 5.73 Å². The third kappa shape index (κ3) is 5.14. The molecule has 0 unspecified atom stereocenters. The van der Waals surface area contributed by atoms with E-state index in [0.29, 0.717) is 6.07 Å². The summed E-state index contributed by atoms with van der Waals surface area (Å²) in [4.78, 5) is 0. The maximum absolute atomic E-state index is 13.2. The molecule has 9 heteroatoms. The summed E-state index contributed by atoms with van der Waals surface area (Å²) in [6.45, 7) is -3.77. The largest absolute Gasteiger partial charge is 0.432 e. The average Bonchev–Trinajstić information content (AvgIpc) is 2.22. The lowest BCUT2D eigenvalue weighted by Crippen LogP contribution is -2.15. The summed E-state index contributed by atoms with van der Waals surface area (Å²) in [5.74, 6) is -1.92. The molecule has 3 nitrogen and oxygen atoms in total. The first-order chi connectivity index (χ1) is 8.69. The van der Waals surface area contributed by atoms with Crippen LogP contribution in [0.15, 0.2) is 12.1 Å². The van der Waals surface area contributed by atoms with E-state index in [9.17, 15) is 26.3 Å². The number of hydrogen-bond acceptors (Lipinski definition) is 3. The van der Waals surface area contributed by atoms with Gasteiger partial charge in [-0.1, -0.05) is 0 Å². The van der Waals surface area contributed by atoms with E-state index in [1.165, 1.54) is 0 Å². The van der Waals surface area contributed by atoms with Crippen LogP contribution in [0.1, 0.15) is 6.42 Å². The SMILES string of the molecule is Nc1cc(F)c(OC(F)F)cc1NCCC(F)(F)F. The van der Waals surface area contributed by atoms with E-state index in [1.807, 2.05) is 0 Å². The Morgan fingerprint density at radius 2 is 1.89 bits per heavy atom. The molecule has 0 fully saturated rings. The molecule has 0 aromatic heterocycles. The molecule has 0 saturated heterocycles. The van der Waals surface area contributed by atoms with Crippen molar-refractivity contribution in [3.8, 4) is 5.75 Å². The second kappa shape index (κ2) is 5.89. The first kappa shape index (κ1) is 15.3. The Morgan fingerprint density at radius 3 is 2.42 bits per heavy atom. The Kier molecular flexibility index (Phi) is 4.73. The number of benzene rings is 1. The maximum Gasteiger partial charge on any atom is 0.390 e. The van der Waals surface area contributed by atoms with Crippen LogP contribution >= 0.6 is 0 Å². The Balaban J connectivity index is 2.77. The fourth-order valence-corrected chi connectivity index (χ4v) is 1.25. The number of halogens is 6. The molecule has 0 heterocycles. The standard InChI is InChI=1S/C10H10F6N2O/c11-5-3-6(17)7(4-8(5)19-9(12)13)18-2-1-10(14,15)16/h3-4,9,18H,1-2,17H2. The predicted octanol–water partition coefficient (Wildman–Crippen LogP) is 3.37. The van der Waals surface area contributed by atoms with Crippen molar-refractivity contribution in [3.05, 3.63) is 17.9 Å². The minimum Gasteiger partial charge on any atom is -0.432 e. The van der Waals surface area contributed by atoms with Crippen LogP contribution in [0.3, 0.4) is 0 Å². The quantitative estimate of drug-likeness (QED) is 0.645. The number of hydrogen-bond donors (Lipinski definition) is 2. The molecule has 19 heavy (non-hydrogen) atoms. The second-order valence-electron chi connectivity index (χ2n) is 3.54. The van der Waals surface area contributed by atoms with Crippen LogP contribution < -0.4 is 15.8 Å². The first-order valence-electron chi connectivity index (χ1n) is 5.03. The number of ether oxygens (including phenoxy) is 1. The van der Waals surface area contributed by atoms with Crippen molar-refractivity contribution in [2.24, 2.45) is 0 Å². The van der Waals surface area contributed by atoms with Gasteiger partial charge in [-0.2, -0.15) is 22.0 Å². The van der Waals surface area contributed by atoms with E-state index < -0.39 is 37.3 Å². The van der Waals surface area contributed by atoms with Crippen molar-refractivity contribution in [2.75, 3.05) is 17.6 Å². The van der Waals surface area contributed by atoms with Crippen LogP contribution in [-0.4, -0.2) is 19.3 Å². The van der Waals surface area contributed by atoms with E-state index in [0.717, 1.165) is 6.07 Å². The lowest BCUT2D eigenvalue weighted by Gasteiger charge is -2.13. The number of nitrogens with two attached hydrogens (primary N) is 1. The molecular formula is C10H10F6N2O. The zero-order valence-electron chi connectivity index (χ0n) is 9.40. The highest BCUT2D eigenvalue weighted by atomic mass is 19.4. The highest BCUT2D eigenvalue weighted by molar-refractivity contribution is 5.68. The summed E-state index contributed by atoms with van der Waals surface area (Å²) in [6.07, 6.45) is -5.51. The summed E-state index contributed by atoms with van der Waals surface area (Å²) in [5, 5.41) is 2.27. The molecular weight excluding hydrogens is 278 g/mol. The van der Waals surface area contributed by atoms with Crippen molar-refractivity contribution >= 4 is 11.4 Å². The lowest BCUT2D eigenvalue weighted by molar-refractivity contribution is -0.131. The van der Waals surface area contributed by atoms with Gasteiger partial charge in [-0.25, -0.2) is 4.39 Å². The van der Waals surface area contributed by atoms with E-state index in [-0.39, 0.29) is 11.4 Å². The summed E-state index contributed by atoms with van der Waals surface area (Å²) in [5.41, 5.74) is 5.03. The van der Waals surface area contributed by atoms with Crippen LogP contribution in [0, 0.1) is 5.82 Å². The fourth-order valence-electron chi connectivity index (χ4n) is 1.25. The smallest absolute Gasteiger partial charge is 0.390 e. The van der Waals surface area contributed by atoms with Crippen LogP contribution in [0.4, 0.5) is 37.7 Å². The van der Waals surface area contributed by atoms with Crippen LogP contribution in [-0.2, 0) is 0 Å². The van der Waals surface area contributed by atoms with Gasteiger partial charge in [-0.05, 0) is 0 Å². The third-order valence-corrected chi connectivity index (χ3v) is 2.04. The van der Waals surface area contributed by atoms with Crippen molar-refractivity contribution < 1.29 is 31.1 Å². The van der Waals surface area contributed by atoms with Gasteiger partial charge in [0.05, 0.1) is 17.8 Å². The van der Waals surface area contributed by atoms with Crippen LogP contribution in [0.2, 0.25) is 0 Å². The molecule has 0 saturated carbocycles. The van der Waals surface area contributed by atoms with Gasteiger partial charge in [0.2, 0.25) is 0 Å².